The number of hydrogen-bond acceptors (Lipinski definition) is 1. The summed E-state index contributed by atoms with van der Waals surface area (Å²) in [6.07, 6.45) is 11.9. The van der Waals surface area contributed by atoms with Gasteiger partial charge in [0.25, 0.3) is 0 Å². The van der Waals surface area contributed by atoms with Crippen LogP contribution in [-0.2, 0) is 0 Å². The van der Waals surface area contributed by atoms with Crippen molar-refractivity contribution in [1.29, 1.82) is 0 Å². The lowest BCUT2D eigenvalue weighted by Crippen LogP contribution is -2.16. The number of rotatable bonds is 2. The average Bonchev–Trinajstić information content (AvgIpc) is 2.65. The van der Waals surface area contributed by atoms with Gasteiger partial charge < -0.3 is 5.11 Å². The molecule has 12 heavy (non-hydrogen) atoms. The van der Waals surface area contributed by atoms with Crippen molar-refractivity contribution in [2.45, 2.75) is 44.6 Å². The Morgan fingerprint density at radius 1 is 1.17 bits per heavy atom. The predicted molar refractivity (Wildman–Crippen MR) is 49.8 cm³/mol. The van der Waals surface area contributed by atoms with Crippen LogP contribution in [0.1, 0.15) is 38.5 Å². The molecule has 1 N–H and O–H groups in total. The highest BCUT2D eigenvalue weighted by atomic mass is 16.3. The molecule has 0 saturated heterocycles. The van der Waals surface area contributed by atoms with Crippen molar-refractivity contribution in [2.24, 2.45) is 11.8 Å². The average molecular weight is 166 g/mol. The van der Waals surface area contributed by atoms with E-state index in [1.54, 1.807) is 0 Å². The summed E-state index contributed by atoms with van der Waals surface area (Å²) >= 11 is 0. The molecule has 0 aliphatic heterocycles. The SMILES string of the molecule is OC1CCCC1CC1CC=CC1. The fourth-order valence-corrected chi connectivity index (χ4v) is 2.59. The highest BCUT2D eigenvalue weighted by molar-refractivity contribution is 4.95. The third-order valence-electron chi connectivity index (χ3n) is 3.36. The molecule has 1 heteroatoms. The first-order valence-corrected chi connectivity index (χ1v) is 5.19. The molecule has 0 bridgehead atoms. The minimum Gasteiger partial charge on any atom is -0.393 e. The zero-order valence-corrected chi connectivity index (χ0v) is 7.58. The molecule has 1 saturated carbocycles. The van der Waals surface area contributed by atoms with E-state index in [1.807, 2.05) is 0 Å². The normalized spacial score (nSPS) is 36.4. The molecule has 0 amide bonds. The summed E-state index contributed by atoms with van der Waals surface area (Å²) in [6.45, 7) is 0. The van der Waals surface area contributed by atoms with Gasteiger partial charge in [-0.2, -0.15) is 0 Å². The Morgan fingerprint density at radius 3 is 2.50 bits per heavy atom. The van der Waals surface area contributed by atoms with Gasteiger partial charge >= 0.3 is 0 Å². The topological polar surface area (TPSA) is 20.2 Å². The lowest BCUT2D eigenvalue weighted by molar-refractivity contribution is 0.118. The molecule has 0 aromatic heterocycles. The smallest absolute Gasteiger partial charge is 0.0568 e. The molecule has 2 unspecified atom stereocenters. The predicted octanol–water partition coefficient (Wildman–Crippen LogP) is 2.50. The van der Waals surface area contributed by atoms with Crippen LogP contribution in [0, 0.1) is 11.8 Å². The van der Waals surface area contributed by atoms with Crippen molar-refractivity contribution in [2.75, 3.05) is 0 Å². The zero-order valence-electron chi connectivity index (χ0n) is 7.58. The van der Waals surface area contributed by atoms with Gasteiger partial charge in [-0.25, -0.2) is 0 Å². The van der Waals surface area contributed by atoms with Crippen LogP contribution in [0.15, 0.2) is 12.2 Å². The Balaban J connectivity index is 1.78. The van der Waals surface area contributed by atoms with Crippen LogP contribution in [0.3, 0.4) is 0 Å². The van der Waals surface area contributed by atoms with Crippen molar-refractivity contribution >= 4 is 0 Å². The Morgan fingerprint density at radius 2 is 1.92 bits per heavy atom. The highest BCUT2D eigenvalue weighted by Gasteiger charge is 2.27. The molecular weight excluding hydrogens is 148 g/mol. The molecule has 1 nitrogen and oxygen atoms in total. The minimum absolute atomic E-state index is 0.0191. The quantitative estimate of drug-likeness (QED) is 0.625. The van der Waals surface area contributed by atoms with Gasteiger partial charge in [-0.15, -0.1) is 0 Å². The Bertz CT molecular complexity index is 166. The monoisotopic (exact) mass is 166 g/mol. The van der Waals surface area contributed by atoms with Crippen molar-refractivity contribution in [3.05, 3.63) is 12.2 Å². The molecule has 0 aromatic rings. The Kier molecular flexibility index (Phi) is 2.50. The molecule has 0 aromatic carbocycles. The maximum atomic E-state index is 9.63. The van der Waals surface area contributed by atoms with E-state index in [0.29, 0.717) is 5.92 Å². The standard InChI is InChI=1S/C11H18O/c12-11-7-3-6-10(11)8-9-4-1-2-5-9/h1-2,9-12H,3-8H2. The summed E-state index contributed by atoms with van der Waals surface area (Å²) < 4.78 is 0. The van der Waals surface area contributed by atoms with Crippen molar-refractivity contribution < 1.29 is 5.11 Å². The molecule has 0 spiro atoms. The lowest BCUT2D eigenvalue weighted by atomic mass is 9.90. The summed E-state index contributed by atoms with van der Waals surface area (Å²) in [6, 6.07) is 0. The first-order chi connectivity index (χ1) is 5.86. The van der Waals surface area contributed by atoms with E-state index < -0.39 is 0 Å². The maximum absolute atomic E-state index is 9.63. The van der Waals surface area contributed by atoms with E-state index in [1.165, 1.54) is 32.1 Å². The molecule has 0 heterocycles. The van der Waals surface area contributed by atoms with Gasteiger partial charge in [-0.05, 0) is 43.9 Å². The maximum Gasteiger partial charge on any atom is 0.0568 e. The fourth-order valence-electron chi connectivity index (χ4n) is 2.59. The number of hydrogen-bond donors (Lipinski definition) is 1. The third kappa shape index (κ3) is 1.71. The van der Waals surface area contributed by atoms with E-state index in [9.17, 15) is 5.11 Å². The van der Waals surface area contributed by atoms with Gasteiger partial charge in [0.2, 0.25) is 0 Å². The third-order valence-corrected chi connectivity index (χ3v) is 3.36. The van der Waals surface area contributed by atoms with Crippen LogP contribution in [0.25, 0.3) is 0 Å². The fraction of sp³-hybridized carbons (Fsp3) is 0.818. The van der Waals surface area contributed by atoms with Gasteiger partial charge in [0.15, 0.2) is 0 Å². The number of aliphatic hydroxyl groups is 1. The summed E-state index contributed by atoms with van der Waals surface area (Å²) in [5, 5.41) is 9.63. The van der Waals surface area contributed by atoms with E-state index in [-0.39, 0.29) is 6.10 Å². The largest absolute Gasteiger partial charge is 0.393 e. The number of allylic oxidation sites excluding steroid dienone is 2. The van der Waals surface area contributed by atoms with Gasteiger partial charge in [-0.1, -0.05) is 18.6 Å². The molecule has 2 atom stereocenters. The zero-order chi connectivity index (χ0) is 8.39. The van der Waals surface area contributed by atoms with Crippen molar-refractivity contribution in [1.82, 2.24) is 0 Å². The molecule has 68 valence electrons. The second kappa shape index (κ2) is 3.61. The first-order valence-electron chi connectivity index (χ1n) is 5.19. The first kappa shape index (κ1) is 8.31. The van der Waals surface area contributed by atoms with E-state index in [2.05, 4.69) is 12.2 Å². The van der Waals surface area contributed by atoms with Crippen LogP contribution in [0.2, 0.25) is 0 Å². The van der Waals surface area contributed by atoms with Crippen LogP contribution < -0.4 is 0 Å². The Hall–Kier alpha value is -0.300. The molecule has 2 rings (SSSR count). The van der Waals surface area contributed by atoms with E-state index >= 15 is 0 Å². The minimum atomic E-state index is 0.0191. The van der Waals surface area contributed by atoms with Crippen LogP contribution in [-0.4, -0.2) is 11.2 Å². The summed E-state index contributed by atoms with van der Waals surface area (Å²) in [7, 11) is 0. The Labute approximate surface area is 74.5 Å². The van der Waals surface area contributed by atoms with Gasteiger partial charge in [0.1, 0.15) is 0 Å². The van der Waals surface area contributed by atoms with Crippen LogP contribution >= 0.6 is 0 Å². The van der Waals surface area contributed by atoms with Crippen LogP contribution in [0.5, 0.6) is 0 Å². The molecule has 2 aliphatic rings. The van der Waals surface area contributed by atoms with Gasteiger partial charge in [0, 0.05) is 0 Å². The molecule has 0 radical (unpaired) electrons. The molecule has 2 aliphatic carbocycles. The molecule has 1 fully saturated rings. The second-order valence-electron chi connectivity index (χ2n) is 4.30. The second-order valence-corrected chi connectivity index (χ2v) is 4.30. The molecular formula is C11H18O. The lowest BCUT2D eigenvalue weighted by Gasteiger charge is -2.18. The van der Waals surface area contributed by atoms with Crippen molar-refractivity contribution in [3.8, 4) is 0 Å². The van der Waals surface area contributed by atoms with Gasteiger partial charge in [-0.3, -0.25) is 0 Å². The summed E-state index contributed by atoms with van der Waals surface area (Å²) in [4.78, 5) is 0. The van der Waals surface area contributed by atoms with Crippen molar-refractivity contribution in [3.63, 3.8) is 0 Å². The van der Waals surface area contributed by atoms with Crippen LogP contribution in [0.4, 0.5) is 0 Å². The number of aliphatic hydroxyl groups excluding tert-OH is 1. The highest BCUT2D eigenvalue weighted by Crippen LogP contribution is 2.34. The van der Waals surface area contributed by atoms with E-state index in [4.69, 9.17) is 0 Å². The van der Waals surface area contributed by atoms with Gasteiger partial charge in [0.05, 0.1) is 6.10 Å². The van der Waals surface area contributed by atoms with E-state index in [0.717, 1.165) is 12.3 Å². The summed E-state index contributed by atoms with van der Waals surface area (Å²) in [5.41, 5.74) is 0. The summed E-state index contributed by atoms with van der Waals surface area (Å²) in [5.74, 6) is 1.47.